The van der Waals surface area contributed by atoms with Gasteiger partial charge >= 0.3 is 0 Å². The Labute approximate surface area is 200 Å². The van der Waals surface area contributed by atoms with Gasteiger partial charge in [-0.25, -0.2) is 8.42 Å². The van der Waals surface area contributed by atoms with Crippen molar-refractivity contribution in [1.82, 2.24) is 19.1 Å². The van der Waals surface area contributed by atoms with Crippen LogP contribution in [0.1, 0.15) is 51.3 Å². The summed E-state index contributed by atoms with van der Waals surface area (Å²) < 4.78 is 29.6. The predicted molar refractivity (Wildman–Crippen MR) is 131 cm³/mol. The molecule has 0 spiro atoms. The highest BCUT2D eigenvalue weighted by Crippen LogP contribution is 2.32. The Kier molecular flexibility index (Phi) is 8.30. The summed E-state index contributed by atoms with van der Waals surface area (Å²) in [6.07, 6.45) is 0.882. The minimum absolute atomic E-state index is 0.140. The van der Waals surface area contributed by atoms with E-state index in [2.05, 4.69) is 34.7 Å². The quantitative estimate of drug-likeness (QED) is 0.372. The minimum atomic E-state index is -3.57. The molecule has 0 radical (unpaired) electrons. The molecule has 174 valence electrons. The lowest BCUT2D eigenvalue weighted by molar-refractivity contribution is 0.445. The topological polar surface area (TPSA) is 91.9 Å². The Bertz CT molecular complexity index is 1230. The largest absolute Gasteiger partial charge is 0.299 e. The molecule has 2 aromatic carbocycles. The van der Waals surface area contributed by atoms with E-state index in [1.165, 1.54) is 4.31 Å². The van der Waals surface area contributed by atoms with Crippen molar-refractivity contribution >= 4 is 21.8 Å². The van der Waals surface area contributed by atoms with Gasteiger partial charge in [0.1, 0.15) is 0 Å². The number of sulfonamides is 1. The molecule has 1 unspecified atom stereocenters. The van der Waals surface area contributed by atoms with Crippen molar-refractivity contribution in [3.8, 4) is 17.5 Å². The predicted octanol–water partition coefficient (Wildman–Crippen LogP) is 5.11. The van der Waals surface area contributed by atoms with Crippen LogP contribution in [0.5, 0.6) is 0 Å². The second-order valence-electron chi connectivity index (χ2n) is 7.65. The van der Waals surface area contributed by atoms with Crippen LogP contribution in [-0.4, -0.2) is 40.6 Å². The van der Waals surface area contributed by atoms with Crippen LogP contribution in [0.3, 0.4) is 0 Å². The third-order valence-electron chi connectivity index (χ3n) is 5.58. The van der Waals surface area contributed by atoms with E-state index in [0.717, 1.165) is 22.7 Å². The molecule has 0 aliphatic rings. The molecule has 0 saturated carbocycles. The van der Waals surface area contributed by atoms with Crippen molar-refractivity contribution < 1.29 is 8.42 Å². The fraction of sp³-hybridized carbons (Fsp3) is 0.375. The van der Waals surface area contributed by atoms with E-state index in [9.17, 15) is 8.42 Å². The van der Waals surface area contributed by atoms with E-state index in [-0.39, 0.29) is 10.9 Å². The summed E-state index contributed by atoms with van der Waals surface area (Å²) in [7, 11) is -3.57. The van der Waals surface area contributed by atoms with Crippen LogP contribution in [0.15, 0.2) is 58.6 Å². The zero-order valence-corrected chi connectivity index (χ0v) is 21.0. The average molecular weight is 484 g/mol. The molecule has 9 heteroatoms. The summed E-state index contributed by atoms with van der Waals surface area (Å²) in [5.41, 5.74) is 2.45. The normalized spacial score (nSPS) is 12.6. The van der Waals surface area contributed by atoms with Crippen molar-refractivity contribution in [3.63, 3.8) is 0 Å². The van der Waals surface area contributed by atoms with Crippen LogP contribution < -0.4 is 0 Å². The first kappa shape index (κ1) is 25.0. The molecule has 3 rings (SSSR count). The Morgan fingerprint density at radius 2 is 1.79 bits per heavy atom. The van der Waals surface area contributed by atoms with Crippen LogP contribution in [0.4, 0.5) is 0 Å². The lowest BCUT2D eigenvalue weighted by Crippen LogP contribution is -2.30. The van der Waals surface area contributed by atoms with E-state index in [4.69, 9.17) is 5.26 Å². The molecule has 0 fully saturated rings. The molecule has 1 aromatic heterocycles. The number of benzene rings is 2. The van der Waals surface area contributed by atoms with Gasteiger partial charge in [-0.05, 0) is 43.2 Å². The summed E-state index contributed by atoms with van der Waals surface area (Å²) >= 11 is 1.57. The maximum absolute atomic E-state index is 13.0. The smallest absolute Gasteiger partial charge is 0.243 e. The van der Waals surface area contributed by atoms with Gasteiger partial charge in [0.2, 0.25) is 10.0 Å². The molecule has 0 aliphatic heterocycles. The number of thioether (sulfide) groups is 1. The van der Waals surface area contributed by atoms with Gasteiger partial charge in [0, 0.05) is 30.4 Å². The zero-order valence-electron chi connectivity index (χ0n) is 19.4. The number of hydrogen-bond acceptors (Lipinski definition) is 6. The van der Waals surface area contributed by atoms with Gasteiger partial charge in [-0.3, -0.25) is 4.57 Å². The first-order valence-electron chi connectivity index (χ1n) is 11.0. The number of nitriles is 1. The molecule has 0 saturated heterocycles. The highest BCUT2D eigenvalue weighted by atomic mass is 32.2. The fourth-order valence-corrected chi connectivity index (χ4v) is 5.98. The maximum atomic E-state index is 13.0. The molecule has 3 aromatic rings. The van der Waals surface area contributed by atoms with Gasteiger partial charge in [0.05, 0.1) is 16.5 Å². The summed E-state index contributed by atoms with van der Waals surface area (Å²) in [6, 6.07) is 16.7. The molecule has 33 heavy (non-hydrogen) atoms. The number of hydrogen-bond donors (Lipinski definition) is 0. The van der Waals surface area contributed by atoms with Crippen LogP contribution in [0.25, 0.3) is 11.4 Å². The van der Waals surface area contributed by atoms with E-state index in [1.54, 1.807) is 30.0 Å². The van der Waals surface area contributed by atoms with Crippen LogP contribution in [-0.2, 0) is 15.8 Å². The summed E-state index contributed by atoms with van der Waals surface area (Å²) in [5.74, 6) is 1.35. The molecular formula is C24H29N5O2S2. The number of aromatic nitrogens is 3. The minimum Gasteiger partial charge on any atom is -0.299 e. The van der Waals surface area contributed by atoms with E-state index in [0.29, 0.717) is 30.2 Å². The van der Waals surface area contributed by atoms with Crippen molar-refractivity contribution in [2.24, 2.45) is 0 Å². The second kappa shape index (κ2) is 11.0. The molecule has 0 amide bonds. The molecule has 1 atom stereocenters. The van der Waals surface area contributed by atoms with Crippen molar-refractivity contribution in [3.05, 3.63) is 59.7 Å². The zero-order chi connectivity index (χ0) is 24.0. The number of nitrogens with zero attached hydrogens (tertiary/aromatic N) is 5. The Morgan fingerprint density at radius 1 is 1.09 bits per heavy atom. The van der Waals surface area contributed by atoms with E-state index >= 15 is 0 Å². The van der Waals surface area contributed by atoms with Gasteiger partial charge in [0.15, 0.2) is 11.0 Å². The highest BCUT2D eigenvalue weighted by molar-refractivity contribution is 7.98. The third-order valence-corrected chi connectivity index (χ3v) is 8.64. The van der Waals surface area contributed by atoms with Crippen molar-refractivity contribution in [2.75, 3.05) is 13.1 Å². The monoisotopic (exact) mass is 483 g/mol. The van der Waals surface area contributed by atoms with Crippen molar-refractivity contribution in [1.29, 1.82) is 5.26 Å². The molecule has 0 N–H and O–H groups in total. The Morgan fingerprint density at radius 3 is 2.39 bits per heavy atom. The molecule has 0 aliphatic carbocycles. The van der Waals surface area contributed by atoms with E-state index in [1.807, 2.05) is 44.2 Å². The number of rotatable bonds is 10. The van der Waals surface area contributed by atoms with Gasteiger partial charge in [-0.2, -0.15) is 9.57 Å². The van der Waals surface area contributed by atoms with E-state index < -0.39 is 10.0 Å². The molecule has 0 bridgehead atoms. The van der Waals surface area contributed by atoms with Crippen molar-refractivity contribution in [2.45, 2.75) is 56.0 Å². The average Bonchev–Trinajstić information content (AvgIpc) is 3.27. The lowest BCUT2D eigenvalue weighted by atomic mass is 10.2. The maximum Gasteiger partial charge on any atom is 0.243 e. The standard InChI is InChI=1S/C24H29N5O2S2/c1-5-18(4)29-23(21-9-8-10-22(15-21)33(30,31)28(6-2)7-3)26-27-24(29)32-17-20-13-11-19(16-25)12-14-20/h8-15,18H,5-7,17H2,1-4H3. The second-order valence-corrected chi connectivity index (χ2v) is 10.5. The molecular weight excluding hydrogens is 454 g/mol. The van der Waals surface area contributed by atoms with Gasteiger partial charge in [-0.1, -0.05) is 56.8 Å². The van der Waals surface area contributed by atoms with Gasteiger partial charge in [0.25, 0.3) is 0 Å². The Hall–Kier alpha value is -2.67. The first-order valence-corrected chi connectivity index (χ1v) is 13.5. The summed E-state index contributed by atoms with van der Waals surface area (Å²) in [5, 5.41) is 18.6. The SMILES string of the molecule is CCC(C)n1c(SCc2ccc(C#N)cc2)nnc1-c1cccc(S(=O)(=O)N(CC)CC)c1. The molecule has 1 heterocycles. The van der Waals surface area contributed by atoms with Crippen LogP contribution >= 0.6 is 11.8 Å². The third kappa shape index (κ3) is 5.46. The van der Waals surface area contributed by atoms with Gasteiger partial charge < -0.3 is 0 Å². The fourth-order valence-electron chi connectivity index (χ4n) is 3.48. The van der Waals surface area contributed by atoms with Crippen LogP contribution in [0.2, 0.25) is 0 Å². The first-order chi connectivity index (χ1) is 15.8. The molecule has 7 nitrogen and oxygen atoms in total. The van der Waals surface area contributed by atoms with Gasteiger partial charge in [-0.15, -0.1) is 10.2 Å². The Balaban J connectivity index is 1.95. The summed E-state index contributed by atoms with van der Waals surface area (Å²) in [4.78, 5) is 0.259. The lowest BCUT2D eigenvalue weighted by Gasteiger charge is -2.19. The summed E-state index contributed by atoms with van der Waals surface area (Å²) in [6.45, 7) is 8.72. The highest BCUT2D eigenvalue weighted by Gasteiger charge is 2.24. The van der Waals surface area contributed by atoms with Crippen LogP contribution in [0, 0.1) is 11.3 Å².